The monoisotopic (exact) mass is 867 g/mol. The fourth-order valence-electron chi connectivity index (χ4n) is 6.77. The number of ether oxygens (including phenoxy) is 2. The van der Waals surface area contributed by atoms with Crippen molar-refractivity contribution in [3.8, 4) is 33.8 Å². The topological polar surface area (TPSA) is 87.7 Å². The van der Waals surface area contributed by atoms with E-state index in [4.69, 9.17) is 22.4 Å². The minimum atomic E-state index is -3.92. The third-order valence-electron chi connectivity index (χ3n) is 8.69. The predicted molar refractivity (Wildman–Crippen MR) is 229 cm³/mol. The molecule has 0 unspecified atom stereocenters. The zero-order chi connectivity index (χ0) is 40.5. The molecule has 4 aromatic rings. The molecule has 0 aliphatic heterocycles. The van der Waals surface area contributed by atoms with E-state index in [9.17, 15) is 0 Å². The van der Waals surface area contributed by atoms with Gasteiger partial charge in [0.25, 0.3) is 0 Å². The summed E-state index contributed by atoms with van der Waals surface area (Å²) < 4.78 is 39.4. The van der Waals surface area contributed by atoms with Gasteiger partial charge < -0.3 is 19.3 Å². The molecular weight excluding hydrogens is 804 g/mol. The number of para-hydroxylation sites is 1. The van der Waals surface area contributed by atoms with Crippen LogP contribution in [0.3, 0.4) is 0 Å². The van der Waals surface area contributed by atoms with Crippen molar-refractivity contribution in [3.63, 3.8) is 0 Å². The van der Waals surface area contributed by atoms with Gasteiger partial charge in [-0.3, -0.25) is 0 Å². The average molecular weight is 868 g/mol. The van der Waals surface area contributed by atoms with Gasteiger partial charge in [0, 0.05) is 24.2 Å². The van der Waals surface area contributed by atoms with Gasteiger partial charge in [-0.15, -0.1) is 35.9 Å². The number of hydrogen-bond donors (Lipinski definition) is 1. The summed E-state index contributed by atoms with van der Waals surface area (Å²) in [5, 5.41) is 4.69. The molecule has 0 amide bonds. The van der Waals surface area contributed by atoms with E-state index in [1.807, 2.05) is 44.5 Å². The summed E-state index contributed by atoms with van der Waals surface area (Å²) in [5.41, 5.74) is 10.2. The second kappa shape index (κ2) is 21.0. The number of benzene rings is 4. The molecule has 0 aliphatic carbocycles. The molecule has 0 aliphatic rings. The number of nitrogens with one attached hydrogen (secondary N) is 1. The Balaban J connectivity index is 0.000000596. The van der Waals surface area contributed by atoms with Gasteiger partial charge in [0.15, 0.2) is 0 Å². The van der Waals surface area contributed by atoms with Crippen LogP contribution in [0.1, 0.15) is 118 Å². The largest absolute Gasteiger partial charge is 2.00 e. The van der Waals surface area contributed by atoms with Crippen LogP contribution in [0.25, 0.3) is 22.3 Å². The molecule has 0 saturated heterocycles. The van der Waals surface area contributed by atoms with Crippen LogP contribution in [0.5, 0.6) is 11.5 Å². The summed E-state index contributed by atoms with van der Waals surface area (Å²) in [7, 11) is 1.01. The molecule has 0 heterocycles. The summed E-state index contributed by atoms with van der Waals surface area (Å²) >= 11 is 0. The van der Waals surface area contributed by atoms with Gasteiger partial charge >= 0.3 is 20.4 Å². The standard InChI is InChI=1S/C31H49O2P.C13H12N.CH4O3S.Pd/c1-19(2)22-17-23(20(3)4)27(24(18-22)21(5)6)28-25(32-13)15-16-26(33-14)29(28)34(30(7,8)9)31(10,11)12;1-14-13-10-6-5-9-12(13)11-7-3-2-4-8-11;1-5(2,3)4;/h15-21H,1-14H3;2-7,9-10,14H,1H3;1H3,(H,2,3,4);/q;-1;;+2/p-1. The van der Waals surface area contributed by atoms with E-state index in [2.05, 4.69) is 137 Å². The van der Waals surface area contributed by atoms with E-state index in [1.54, 1.807) is 7.11 Å². The van der Waals surface area contributed by atoms with Gasteiger partial charge in [-0.05, 0) is 74.2 Å². The molecule has 54 heavy (non-hydrogen) atoms. The minimum absolute atomic E-state index is 0. The molecule has 4 aromatic carbocycles. The van der Waals surface area contributed by atoms with Gasteiger partial charge in [0.2, 0.25) is 0 Å². The first kappa shape index (κ1) is 49.3. The van der Waals surface area contributed by atoms with Crippen molar-refractivity contribution >= 4 is 29.0 Å². The Morgan fingerprint density at radius 3 is 1.57 bits per heavy atom. The zero-order valence-corrected chi connectivity index (χ0v) is 38.6. The normalized spacial score (nSPS) is 11.7. The summed E-state index contributed by atoms with van der Waals surface area (Å²) in [6.07, 6.45) is 0.604. The molecule has 0 saturated carbocycles. The number of rotatable bonds is 9. The van der Waals surface area contributed by atoms with Gasteiger partial charge in [0.1, 0.15) is 11.5 Å². The van der Waals surface area contributed by atoms with Crippen molar-refractivity contribution in [2.24, 2.45) is 0 Å². The molecule has 300 valence electrons. The van der Waals surface area contributed by atoms with Crippen LogP contribution < -0.4 is 20.1 Å². The predicted octanol–water partition coefficient (Wildman–Crippen LogP) is 11.8. The van der Waals surface area contributed by atoms with Gasteiger partial charge in [0.05, 0.1) is 24.3 Å². The van der Waals surface area contributed by atoms with Crippen LogP contribution in [0, 0.1) is 6.07 Å². The van der Waals surface area contributed by atoms with Crippen LogP contribution in [-0.4, -0.2) is 50.8 Å². The van der Waals surface area contributed by atoms with Crippen molar-refractivity contribution in [1.29, 1.82) is 0 Å². The zero-order valence-electron chi connectivity index (χ0n) is 35.4. The molecule has 0 radical (unpaired) electrons. The van der Waals surface area contributed by atoms with Crippen molar-refractivity contribution in [3.05, 3.63) is 95.6 Å². The Morgan fingerprint density at radius 1 is 0.722 bits per heavy atom. The molecule has 0 bridgehead atoms. The van der Waals surface area contributed by atoms with Crippen LogP contribution in [-0.2, 0) is 30.5 Å². The molecular formula is C45H64NO5PPdS. The van der Waals surface area contributed by atoms with Crippen molar-refractivity contribution < 1.29 is 42.9 Å². The van der Waals surface area contributed by atoms with E-state index in [1.165, 1.54) is 38.7 Å². The number of hydrogen-bond acceptors (Lipinski definition) is 6. The van der Waals surface area contributed by atoms with Crippen LogP contribution in [0.15, 0.2) is 72.8 Å². The molecule has 6 nitrogen and oxygen atoms in total. The fraction of sp³-hybridized carbons (Fsp3) is 0.467. The van der Waals surface area contributed by atoms with Gasteiger partial charge in [-0.25, -0.2) is 8.42 Å². The van der Waals surface area contributed by atoms with E-state index in [0.29, 0.717) is 24.0 Å². The average Bonchev–Trinajstić information content (AvgIpc) is 3.06. The van der Waals surface area contributed by atoms with Crippen molar-refractivity contribution in [2.75, 3.05) is 32.8 Å². The van der Waals surface area contributed by atoms with Gasteiger partial charge in [-0.1, -0.05) is 127 Å². The third-order valence-corrected chi connectivity index (χ3v) is 12.3. The van der Waals surface area contributed by atoms with E-state index >= 15 is 0 Å². The quantitative estimate of drug-likeness (QED) is 0.0780. The van der Waals surface area contributed by atoms with E-state index < -0.39 is 18.0 Å². The molecule has 9 heteroatoms. The Bertz CT molecular complexity index is 1830. The van der Waals surface area contributed by atoms with E-state index in [-0.39, 0.29) is 30.7 Å². The van der Waals surface area contributed by atoms with Crippen LogP contribution in [0.2, 0.25) is 0 Å². The Labute approximate surface area is 343 Å². The first-order valence-electron chi connectivity index (χ1n) is 18.4. The van der Waals surface area contributed by atoms with Crippen LogP contribution >= 0.6 is 7.92 Å². The molecule has 0 aromatic heterocycles. The van der Waals surface area contributed by atoms with Crippen molar-refractivity contribution in [1.82, 2.24) is 0 Å². The maximum atomic E-state index is 9.08. The first-order valence-corrected chi connectivity index (χ1v) is 21.5. The second-order valence-corrected chi connectivity index (χ2v) is 21.4. The third kappa shape index (κ3) is 13.8. The number of methoxy groups -OCH3 is 2. The summed E-state index contributed by atoms with van der Waals surface area (Å²) in [5.74, 6) is 3.19. The molecule has 0 fully saturated rings. The molecule has 4 rings (SSSR count). The second-order valence-electron chi connectivity index (χ2n) is 16.2. The minimum Gasteiger partial charge on any atom is -0.748 e. The Morgan fingerprint density at radius 2 is 1.19 bits per heavy atom. The molecule has 1 N–H and O–H groups in total. The fourth-order valence-corrected chi connectivity index (χ4v) is 11.0. The number of anilines is 1. The maximum absolute atomic E-state index is 9.08. The SMILES string of the molecule is CNc1ccccc1-c1[c-]cccc1.COc1ccc(OC)c(P(C(C)(C)C)C(C)(C)C)c1-c1c(C(C)C)cc(C(C)C)cc1C(C)C.CS(=O)(=O)[O-].[Pd+2]. The smallest absolute Gasteiger partial charge is 0.748 e. The molecule has 0 atom stereocenters. The summed E-state index contributed by atoms with van der Waals surface area (Å²) in [6.45, 7) is 28.1. The van der Waals surface area contributed by atoms with Crippen LogP contribution in [0.4, 0.5) is 5.69 Å². The van der Waals surface area contributed by atoms with E-state index in [0.717, 1.165) is 22.7 Å². The summed E-state index contributed by atoms with van der Waals surface area (Å²) in [4.78, 5) is 0. The van der Waals surface area contributed by atoms with Crippen molar-refractivity contribution in [2.45, 2.75) is 111 Å². The maximum Gasteiger partial charge on any atom is 2.00 e. The Kier molecular flexibility index (Phi) is 19.2. The Hall–Kier alpha value is -2.72. The van der Waals surface area contributed by atoms with Gasteiger partial charge in [-0.2, -0.15) is 0 Å². The molecule has 0 spiro atoms. The first-order chi connectivity index (χ1) is 24.5. The summed E-state index contributed by atoms with van der Waals surface area (Å²) in [6, 6.07) is 28.5.